The maximum absolute atomic E-state index is 12.9. The van der Waals surface area contributed by atoms with Crippen LogP contribution in [0.5, 0.6) is 0 Å². The molecule has 1 amide bonds. The third kappa shape index (κ3) is 2.97. The number of rotatable bonds is 5. The molecule has 0 atom stereocenters. The van der Waals surface area contributed by atoms with Gasteiger partial charge in [0.25, 0.3) is 5.91 Å². The molecule has 7 heteroatoms. The summed E-state index contributed by atoms with van der Waals surface area (Å²) in [4.78, 5) is 12.3. The number of aromatic nitrogens is 4. The second kappa shape index (κ2) is 5.99. The highest BCUT2D eigenvalue weighted by Gasteiger charge is 2.29. The summed E-state index contributed by atoms with van der Waals surface area (Å²) >= 11 is 0. The zero-order chi connectivity index (χ0) is 16.5. The lowest BCUT2D eigenvalue weighted by Crippen LogP contribution is -2.27. The van der Waals surface area contributed by atoms with Crippen molar-refractivity contribution in [2.45, 2.75) is 25.2 Å². The molecule has 4 rings (SSSR count). The van der Waals surface area contributed by atoms with Gasteiger partial charge < -0.3 is 5.32 Å². The van der Waals surface area contributed by atoms with E-state index >= 15 is 0 Å². The highest BCUT2D eigenvalue weighted by molar-refractivity contribution is 5.92. The molecule has 2 heterocycles. The van der Waals surface area contributed by atoms with Gasteiger partial charge in [-0.05, 0) is 49.1 Å². The van der Waals surface area contributed by atoms with E-state index in [1.165, 1.54) is 12.1 Å². The molecule has 0 spiro atoms. The Morgan fingerprint density at radius 3 is 2.71 bits per heavy atom. The van der Waals surface area contributed by atoms with Gasteiger partial charge in [-0.3, -0.25) is 4.79 Å². The highest BCUT2D eigenvalue weighted by Crippen LogP contribution is 2.38. The van der Waals surface area contributed by atoms with E-state index in [-0.39, 0.29) is 11.7 Å². The molecule has 122 valence electrons. The minimum Gasteiger partial charge on any atom is -0.350 e. The largest absolute Gasteiger partial charge is 0.350 e. The quantitative estimate of drug-likeness (QED) is 0.780. The molecule has 1 saturated carbocycles. The van der Waals surface area contributed by atoms with E-state index in [1.807, 2.05) is 0 Å². The zero-order valence-electron chi connectivity index (χ0n) is 12.9. The summed E-state index contributed by atoms with van der Waals surface area (Å²) in [5, 5.41) is 15.4. The van der Waals surface area contributed by atoms with Gasteiger partial charge in [0.05, 0.1) is 0 Å². The minimum atomic E-state index is -0.263. The maximum atomic E-state index is 12.9. The van der Waals surface area contributed by atoms with Crippen LogP contribution in [0.25, 0.3) is 5.65 Å². The van der Waals surface area contributed by atoms with Crippen molar-refractivity contribution in [1.82, 2.24) is 25.1 Å². The van der Waals surface area contributed by atoms with E-state index < -0.39 is 0 Å². The normalized spacial score (nSPS) is 14.0. The highest BCUT2D eigenvalue weighted by atomic mass is 19.1. The van der Waals surface area contributed by atoms with Gasteiger partial charge in [-0.1, -0.05) is 12.1 Å². The van der Waals surface area contributed by atoms with Crippen LogP contribution in [0, 0.1) is 5.82 Å². The molecule has 0 bridgehead atoms. The molecule has 1 aliphatic rings. The summed E-state index contributed by atoms with van der Waals surface area (Å²) in [6.45, 7) is 0.460. The van der Waals surface area contributed by atoms with Gasteiger partial charge in [0.1, 0.15) is 11.5 Å². The second-order valence-corrected chi connectivity index (χ2v) is 5.95. The Bertz CT molecular complexity index is 886. The number of benzene rings is 1. The molecule has 0 radical (unpaired) electrons. The third-order valence-electron chi connectivity index (χ3n) is 4.07. The fourth-order valence-corrected chi connectivity index (χ4v) is 2.58. The van der Waals surface area contributed by atoms with E-state index in [0.29, 0.717) is 30.2 Å². The van der Waals surface area contributed by atoms with E-state index in [2.05, 4.69) is 20.6 Å². The number of hydrogen-bond acceptors (Lipinski definition) is 4. The van der Waals surface area contributed by atoms with E-state index in [1.54, 1.807) is 28.8 Å². The number of nitrogens with zero attached hydrogens (tertiary/aromatic N) is 4. The fourth-order valence-electron chi connectivity index (χ4n) is 2.58. The fraction of sp³-hybridized carbons (Fsp3) is 0.294. The van der Waals surface area contributed by atoms with Gasteiger partial charge in [0.15, 0.2) is 11.5 Å². The van der Waals surface area contributed by atoms with Gasteiger partial charge in [0.2, 0.25) is 0 Å². The number of carbonyl (C=O) groups excluding carboxylic acids is 1. The Morgan fingerprint density at radius 1 is 1.17 bits per heavy atom. The van der Waals surface area contributed by atoms with Crippen LogP contribution >= 0.6 is 0 Å². The lowest BCUT2D eigenvalue weighted by molar-refractivity contribution is 0.0948. The van der Waals surface area contributed by atoms with Crippen LogP contribution in [-0.4, -0.2) is 32.3 Å². The van der Waals surface area contributed by atoms with Crippen LogP contribution in [0.1, 0.15) is 40.6 Å². The molecule has 1 N–H and O–H groups in total. The molecular formula is C17H16FN5O. The topological polar surface area (TPSA) is 72.2 Å². The van der Waals surface area contributed by atoms with Gasteiger partial charge in [-0.2, -0.15) is 9.61 Å². The first kappa shape index (κ1) is 14.7. The molecule has 0 aliphatic heterocycles. The van der Waals surface area contributed by atoms with E-state index in [4.69, 9.17) is 0 Å². The van der Waals surface area contributed by atoms with Gasteiger partial charge in [-0.25, -0.2) is 4.39 Å². The van der Waals surface area contributed by atoms with Crippen LogP contribution < -0.4 is 5.32 Å². The lowest BCUT2D eigenvalue weighted by Gasteiger charge is -2.05. The molecular weight excluding hydrogens is 309 g/mol. The van der Waals surface area contributed by atoms with Gasteiger partial charge in [0, 0.05) is 12.5 Å². The van der Waals surface area contributed by atoms with Crippen LogP contribution in [0.2, 0.25) is 0 Å². The average molecular weight is 325 g/mol. The molecule has 1 fully saturated rings. The molecule has 1 aliphatic carbocycles. The molecule has 6 nitrogen and oxygen atoms in total. The van der Waals surface area contributed by atoms with E-state index in [9.17, 15) is 9.18 Å². The van der Waals surface area contributed by atoms with Crippen molar-refractivity contribution in [3.63, 3.8) is 0 Å². The number of amides is 1. The summed E-state index contributed by atoms with van der Waals surface area (Å²) < 4.78 is 14.5. The summed E-state index contributed by atoms with van der Waals surface area (Å²) in [5.41, 5.74) is 1.96. The lowest BCUT2D eigenvalue weighted by atomic mass is 10.1. The second-order valence-electron chi connectivity index (χ2n) is 5.95. The number of carbonyl (C=O) groups is 1. The molecule has 0 saturated heterocycles. The van der Waals surface area contributed by atoms with Crippen molar-refractivity contribution in [1.29, 1.82) is 0 Å². The van der Waals surface area contributed by atoms with Gasteiger partial charge in [-0.15, -0.1) is 10.2 Å². The summed E-state index contributed by atoms with van der Waals surface area (Å²) in [7, 11) is 0. The Morgan fingerprint density at radius 2 is 1.96 bits per heavy atom. The maximum Gasteiger partial charge on any atom is 0.271 e. The SMILES string of the molecule is O=C(NCCc1ccc(F)cc1)c1ccc2nnc(C3CC3)n2n1. The van der Waals surface area contributed by atoms with Crippen molar-refractivity contribution >= 4 is 11.6 Å². The Labute approximate surface area is 137 Å². The number of fused-ring (bicyclic) bond motifs is 1. The Balaban J connectivity index is 1.43. The van der Waals surface area contributed by atoms with Crippen LogP contribution in [0.15, 0.2) is 36.4 Å². The monoisotopic (exact) mass is 325 g/mol. The number of nitrogens with one attached hydrogen (secondary N) is 1. The first-order valence-corrected chi connectivity index (χ1v) is 7.96. The van der Waals surface area contributed by atoms with Crippen molar-refractivity contribution < 1.29 is 9.18 Å². The summed E-state index contributed by atoms with van der Waals surface area (Å²) in [6, 6.07) is 9.65. The molecule has 3 aromatic rings. The standard InChI is InChI=1S/C17H16FN5O/c18-13-5-1-11(2-6-13)9-10-19-17(24)14-7-8-15-20-21-16(12-3-4-12)23(15)22-14/h1-2,5-8,12H,3-4,9-10H2,(H,19,24). The molecule has 2 aromatic heterocycles. The average Bonchev–Trinajstić information content (AvgIpc) is 3.35. The van der Waals surface area contributed by atoms with Gasteiger partial charge >= 0.3 is 0 Å². The number of halogens is 1. The van der Waals surface area contributed by atoms with Crippen molar-refractivity contribution in [3.8, 4) is 0 Å². The molecule has 1 aromatic carbocycles. The Hall–Kier alpha value is -2.83. The first-order chi connectivity index (χ1) is 11.7. The third-order valence-corrected chi connectivity index (χ3v) is 4.07. The minimum absolute atomic E-state index is 0.241. The molecule has 0 unspecified atom stereocenters. The molecule has 24 heavy (non-hydrogen) atoms. The predicted molar refractivity (Wildman–Crippen MR) is 85.2 cm³/mol. The van der Waals surface area contributed by atoms with Crippen molar-refractivity contribution in [2.24, 2.45) is 0 Å². The van der Waals surface area contributed by atoms with Crippen LogP contribution in [0.3, 0.4) is 0 Å². The summed E-state index contributed by atoms with van der Waals surface area (Å²) in [6.07, 6.45) is 2.82. The van der Waals surface area contributed by atoms with Crippen LogP contribution in [0.4, 0.5) is 4.39 Å². The number of hydrogen-bond donors (Lipinski definition) is 1. The van der Waals surface area contributed by atoms with Crippen molar-refractivity contribution in [3.05, 3.63) is 59.3 Å². The van der Waals surface area contributed by atoms with E-state index in [0.717, 1.165) is 24.2 Å². The van der Waals surface area contributed by atoms with Crippen molar-refractivity contribution in [2.75, 3.05) is 6.54 Å². The Kier molecular flexibility index (Phi) is 3.68. The first-order valence-electron chi connectivity index (χ1n) is 7.96. The zero-order valence-corrected chi connectivity index (χ0v) is 12.9. The van der Waals surface area contributed by atoms with Crippen LogP contribution in [-0.2, 0) is 6.42 Å². The summed E-state index contributed by atoms with van der Waals surface area (Å²) in [5.74, 6) is 0.727. The predicted octanol–water partition coefficient (Wildman–Crippen LogP) is 2.11. The smallest absolute Gasteiger partial charge is 0.271 e.